The maximum atomic E-state index is 11.6. The minimum absolute atomic E-state index is 0.0713. The molecule has 1 aromatic heterocycles. The number of nitrogens with one attached hydrogen (secondary N) is 1. The molecule has 0 radical (unpaired) electrons. The van der Waals surface area contributed by atoms with Crippen molar-refractivity contribution in [1.82, 2.24) is 9.97 Å². The molecule has 1 fully saturated rings. The van der Waals surface area contributed by atoms with Gasteiger partial charge in [0.15, 0.2) is 0 Å². The van der Waals surface area contributed by atoms with Crippen LogP contribution in [0.2, 0.25) is 0 Å². The van der Waals surface area contributed by atoms with Gasteiger partial charge in [0.25, 0.3) is 5.56 Å². The van der Waals surface area contributed by atoms with Crippen LogP contribution in [0.1, 0.15) is 58.2 Å². The van der Waals surface area contributed by atoms with E-state index in [1.807, 2.05) is 0 Å². The predicted octanol–water partition coefficient (Wildman–Crippen LogP) is 3.85. The van der Waals surface area contributed by atoms with E-state index in [1.54, 1.807) is 6.20 Å². The molecule has 4 heteroatoms. The van der Waals surface area contributed by atoms with Crippen LogP contribution in [0.3, 0.4) is 0 Å². The molecule has 0 aliphatic heterocycles. The molecule has 0 spiro atoms. The molecule has 0 saturated heterocycles. The average molecular weight is 313 g/mol. The highest BCUT2D eigenvalue weighted by molar-refractivity contribution is 9.10. The molecule has 1 heterocycles. The molecular formula is C14H21BrN2O. The fraction of sp³-hybridized carbons (Fsp3) is 0.714. The van der Waals surface area contributed by atoms with Gasteiger partial charge in [-0.1, -0.05) is 20.8 Å². The second kappa shape index (κ2) is 5.16. The maximum Gasteiger partial charge on any atom is 0.265 e. The number of aromatic nitrogens is 2. The number of aromatic amines is 1. The first-order valence-electron chi connectivity index (χ1n) is 6.62. The third-order valence-electron chi connectivity index (χ3n) is 4.11. The molecule has 1 aliphatic carbocycles. The highest BCUT2D eigenvalue weighted by Crippen LogP contribution is 2.42. The van der Waals surface area contributed by atoms with Crippen LogP contribution in [0.4, 0.5) is 0 Å². The quantitative estimate of drug-likeness (QED) is 0.856. The second-order valence-corrected chi connectivity index (χ2v) is 7.21. The molecular weight excluding hydrogens is 292 g/mol. The van der Waals surface area contributed by atoms with Gasteiger partial charge >= 0.3 is 0 Å². The fourth-order valence-electron chi connectivity index (χ4n) is 2.83. The number of rotatable bonds is 1. The summed E-state index contributed by atoms with van der Waals surface area (Å²) in [5, 5.41) is 0. The lowest BCUT2D eigenvalue weighted by Crippen LogP contribution is -2.26. The highest BCUT2D eigenvalue weighted by atomic mass is 79.9. The smallest absolute Gasteiger partial charge is 0.265 e. The van der Waals surface area contributed by atoms with Gasteiger partial charge in [0.1, 0.15) is 10.3 Å². The first-order valence-corrected chi connectivity index (χ1v) is 7.42. The van der Waals surface area contributed by atoms with E-state index in [9.17, 15) is 4.79 Å². The number of halogens is 1. The van der Waals surface area contributed by atoms with Gasteiger partial charge in [-0.15, -0.1) is 0 Å². The van der Waals surface area contributed by atoms with Crippen molar-refractivity contribution in [2.75, 3.05) is 0 Å². The molecule has 0 unspecified atom stereocenters. The summed E-state index contributed by atoms with van der Waals surface area (Å²) < 4.78 is 0.509. The Bertz CT molecular complexity index is 467. The summed E-state index contributed by atoms with van der Waals surface area (Å²) in [4.78, 5) is 18.8. The summed E-state index contributed by atoms with van der Waals surface area (Å²) in [7, 11) is 0. The molecule has 0 bridgehead atoms. The fourth-order valence-corrected chi connectivity index (χ4v) is 3.03. The Morgan fingerprint density at radius 2 is 1.89 bits per heavy atom. The lowest BCUT2D eigenvalue weighted by molar-refractivity contribution is 0.167. The monoisotopic (exact) mass is 312 g/mol. The Morgan fingerprint density at radius 3 is 2.39 bits per heavy atom. The maximum absolute atomic E-state index is 11.6. The van der Waals surface area contributed by atoms with Crippen molar-refractivity contribution in [2.45, 2.75) is 52.4 Å². The second-order valence-electron chi connectivity index (χ2n) is 6.36. The normalized spacial score (nSPS) is 25.1. The summed E-state index contributed by atoms with van der Waals surface area (Å²) in [6, 6.07) is 0. The number of hydrogen-bond donors (Lipinski definition) is 1. The van der Waals surface area contributed by atoms with Crippen LogP contribution in [0.25, 0.3) is 0 Å². The lowest BCUT2D eigenvalue weighted by atomic mass is 9.70. The predicted molar refractivity (Wildman–Crippen MR) is 76.7 cm³/mol. The summed E-state index contributed by atoms with van der Waals surface area (Å²) in [6.07, 6.45) is 6.34. The Kier molecular flexibility index (Phi) is 3.95. The molecule has 100 valence electrons. The average Bonchev–Trinajstić information content (AvgIpc) is 2.32. The van der Waals surface area contributed by atoms with E-state index in [1.165, 1.54) is 12.8 Å². The van der Waals surface area contributed by atoms with E-state index in [-0.39, 0.29) is 5.56 Å². The minimum Gasteiger partial charge on any atom is -0.309 e. The summed E-state index contributed by atoms with van der Waals surface area (Å²) in [5.74, 6) is 2.07. The van der Waals surface area contributed by atoms with Crippen molar-refractivity contribution in [1.29, 1.82) is 0 Å². The van der Waals surface area contributed by atoms with Gasteiger partial charge in [0.05, 0.1) is 0 Å². The SMILES string of the molecule is CC(C)(C)C1CCC(c2ncc(Br)c(=O)[nH]2)CC1. The minimum atomic E-state index is -0.0713. The van der Waals surface area contributed by atoms with Crippen molar-refractivity contribution >= 4 is 15.9 Å². The van der Waals surface area contributed by atoms with Gasteiger partial charge in [0, 0.05) is 12.1 Å². The van der Waals surface area contributed by atoms with Gasteiger partial charge < -0.3 is 4.98 Å². The third-order valence-corrected chi connectivity index (χ3v) is 4.68. The molecule has 3 nitrogen and oxygen atoms in total. The summed E-state index contributed by atoms with van der Waals surface area (Å²) >= 11 is 3.18. The van der Waals surface area contributed by atoms with Crippen molar-refractivity contribution < 1.29 is 0 Å². The molecule has 1 aromatic rings. The van der Waals surface area contributed by atoms with E-state index in [2.05, 4.69) is 46.7 Å². The van der Waals surface area contributed by atoms with Gasteiger partial charge in [-0.05, 0) is 52.9 Å². The van der Waals surface area contributed by atoms with Crippen LogP contribution >= 0.6 is 15.9 Å². The van der Waals surface area contributed by atoms with E-state index in [0.717, 1.165) is 24.6 Å². The van der Waals surface area contributed by atoms with E-state index >= 15 is 0 Å². The topological polar surface area (TPSA) is 45.8 Å². The van der Waals surface area contributed by atoms with Gasteiger partial charge in [-0.2, -0.15) is 0 Å². The molecule has 2 rings (SSSR count). The molecule has 18 heavy (non-hydrogen) atoms. The zero-order valence-electron chi connectivity index (χ0n) is 11.3. The lowest BCUT2D eigenvalue weighted by Gasteiger charge is -2.36. The van der Waals surface area contributed by atoms with E-state index in [4.69, 9.17) is 0 Å². The number of hydrogen-bond acceptors (Lipinski definition) is 2. The summed E-state index contributed by atoms with van der Waals surface area (Å²) in [5.41, 5.74) is 0.323. The number of H-pyrrole nitrogens is 1. The molecule has 1 aliphatic rings. The first-order chi connectivity index (χ1) is 8.38. The zero-order valence-corrected chi connectivity index (χ0v) is 12.9. The largest absolute Gasteiger partial charge is 0.309 e. The van der Waals surface area contributed by atoms with Gasteiger partial charge in [0.2, 0.25) is 0 Å². The van der Waals surface area contributed by atoms with Crippen LogP contribution in [0.15, 0.2) is 15.5 Å². The Hall–Kier alpha value is -0.640. The Labute approximate surface area is 117 Å². The van der Waals surface area contributed by atoms with Crippen LogP contribution in [0, 0.1) is 11.3 Å². The van der Waals surface area contributed by atoms with Crippen LogP contribution < -0.4 is 5.56 Å². The molecule has 0 amide bonds. The van der Waals surface area contributed by atoms with Crippen LogP contribution in [0.5, 0.6) is 0 Å². The van der Waals surface area contributed by atoms with E-state index < -0.39 is 0 Å². The summed E-state index contributed by atoms with van der Waals surface area (Å²) in [6.45, 7) is 6.95. The number of nitrogens with zero attached hydrogens (tertiary/aromatic N) is 1. The van der Waals surface area contributed by atoms with Gasteiger partial charge in [-0.25, -0.2) is 4.98 Å². The van der Waals surface area contributed by atoms with E-state index in [0.29, 0.717) is 15.8 Å². The van der Waals surface area contributed by atoms with Crippen molar-refractivity contribution in [3.05, 3.63) is 26.8 Å². The molecule has 0 aromatic carbocycles. The Balaban J connectivity index is 2.06. The van der Waals surface area contributed by atoms with Crippen molar-refractivity contribution in [3.63, 3.8) is 0 Å². The van der Waals surface area contributed by atoms with Crippen LogP contribution in [-0.4, -0.2) is 9.97 Å². The molecule has 1 saturated carbocycles. The Morgan fingerprint density at radius 1 is 1.28 bits per heavy atom. The molecule has 0 atom stereocenters. The van der Waals surface area contributed by atoms with Gasteiger partial charge in [-0.3, -0.25) is 4.79 Å². The van der Waals surface area contributed by atoms with Crippen molar-refractivity contribution in [3.8, 4) is 0 Å². The standard InChI is InChI=1S/C14H21BrN2O/c1-14(2,3)10-6-4-9(5-7-10)12-16-8-11(15)13(18)17-12/h8-10H,4-7H2,1-3H3,(H,16,17,18). The van der Waals surface area contributed by atoms with Crippen LogP contribution in [-0.2, 0) is 0 Å². The molecule has 1 N–H and O–H groups in total. The highest BCUT2D eigenvalue weighted by Gasteiger charge is 2.30. The van der Waals surface area contributed by atoms with Crippen molar-refractivity contribution in [2.24, 2.45) is 11.3 Å². The zero-order chi connectivity index (χ0) is 13.3. The first kappa shape index (κ1) is 13.8. The third kappa shape index (κ3) is 3.02.